The SMILES string of the molecule is COc1ccc(CN(C(=O)OCC(Cl)(Cl)Cl)[C@H]2C[C@@H](C(=O)NCCc3ccccc3)N(C(=O)OC(C)(C)C)C2)cc1. The Morgan fingerprint density at radius 3 is 2.24 bits per heavy atom. The molecule has 3 amide bonds. The molecule has 12 heteroatoms. The van der Waals surface area contributed by atoms with Crippen molar-refractivity contribution in [3.8, 4) is 5.75 Å². The number of nitrogens with zero attached hydrogens (tertiary/aromatic N) is 2. The second-order valence-corrected chi connectivity index (χ2v) is 13.2. The van der Waals surface area contributed by atoms with Gasteiger partial charge in [0, 0.05) is 19.6 Å². The summed E-state index contributed by atoms with van der Waals surface area (Å²) < 4.78 is 14.3. The van der Waals surface area contributed by atoms with Crippen LogP contribution in [0.1, 0.15) is 38.3 Å². The summed E-state index contributed by atoms with van der Waals surface area (Å²) in [6.07, 6.45) is -0.606. The van der Waals surface area contributed by atoms with Crippen LogP contribution in [-0.4, -0.2) is 76.2 Å². The van der Waals surface area contributed by atoms with Crippen LogP contribution in [-0.2, 0) is 27.2 Å². The molecule has 9 nitrogen and oxygen atoms in total. The second-order valence-electron chi connectivity index (χ2n) is 10.7. The Labute approximate surface area is 255 Å². The third-order valence-corrected chi connectivity index (χ3v) is 6.64. The number of amides is 3. The van der Waals surface area contributed by atoms with Crippen LogP contribution < -0.4 is 10.1 Å². The van der Waals surface area contributed by atoms with E-state index in [0.29, 0.717) is 18.7 Å². The zero-order chi connectivity index (χ0) is 30.2. The lowest BCUT2D eigenvalue weighted by molar-refractivity contribution is -0.125. The van der Waals surface area contributed by atoms with Crippen molar-refractivity contribution in [3.63, 3.8) is 0 Å². The summed E-state index contributed by atoms with van der Waals surface area (Å²) in [4.78, 5) is 42.7. The Morgan fingerprint density at radius 1 is 1.00 bits per heavy atom. The third-order valence-electron chi connectivity index (χ3n) is 6.31. The van der Waals surface area contributed by atoms with E-state index >= 15 is 0 Å². The van der Waals surface area contributed by atoms with Crippen molar-refractivity contribution < 1.29 is 28.6 Å². The summed E-state index contributed by atoms with van der Waals surface area (Å²) in [5, 5.41) is 2.93. The molecule has 1 fully saturated rings. The molecule has 3 rings (SSSR count). The summed E-state index contributed by atoms with van der Waals surface area (Å²) in [6, 6.07) is 15.4. The summed E-state index contributed by atoms with van der Waals surface area (Å²) in [7, 11) is 1.56. The van der Waals surface area contributed by atoms with Crippen molar-refractivity contribution in [1.82, 2.24) is 15.1 Å². The maximum Gasteiger partial charge on any atom is 0.411 e. The number of hydrogen-bond acceptors (Lipinski definition) is 6. The van der Waals surface area contributed by atoms with Crippen LogP contribution in [0.5, 0.6) is 5.75 Å². The number of nitrogens with one attached hydrogen (secondary N) is 1. The molecule has 1 heterocycles. The van der Waals surface area contributed by atoms with E-state index in [4.69, 9.17) is 49.0 Å². The minimum Gasteiger partial charge on any atom is -0.497 e. The highest BCUT2D eigenvalue weighted by Crippen LogP contribution is 2.29. The highest BCUT2D eigenvalue weighted by Gasteiger charge is 2.45. The minimum atomic E-state index is -1.80. The van der Waals surface area contributed by atoms with E-state index in [1.807, 2.05) is 42.5 Å². The number of ether oxygens (including phenoxy) is 3. The molecule has 2 atom stereocenters. The van der Waals surface area contributed by atoms with Crippen LogP contribution in [0.2, 0.25) is 0 Å². The van der Waals surface area contributed by atoms with Gasteiger partial charge >= 0.3 is 12.2 Å². The molecule has 0 radical (unpaired) electrons. The Bertz CT molecular complexity index is 1170. The Balaban J connectivity index is 1.82. The van der Waals surface area contributed by atoms with E-state index in [0.717, 1.165) is 11.1 Å². The van der Waals surface area contributed by atoms with Crippen molar-refractivity contribution in [2.45, 2.75) is 61.6 Å². The number of carbonyl (C=O) groups excluding carboxylic acids is 3. The van der Waals surface area contributed by atoms with Crippen LogP contribution in [0.3, 0.4) is 0 Å². The minimum absolute atomic E-state index is 0.0463. The fourth-order valence-corrected chi connectivity index (χ4v) is 4.56. The van der Waals surface area contributed by atoms with Gasteiger partial charge in [0.15, 0.2) is 0 Å². The fourth-order valence-electron chi connectivity index (χ4n) is 4.40. The van der Waals surface area contributed by atoms with Gasteiger partial charge in [0.1, 0.15) is 24.0 Å². The van der Waals surface area contributed by atoms with Crippen molar-refractivity contribution in [2.75, 3.05) is 26.8 Å². The first-order chi connectivity index (χ1) is 19.3. The number of alkyl halides is 3. The summed E-state index contributed by atoms with van der Waals surface area (Å²) in [5.74, 6) is 0.316. The van der Waals surface area contributed by atoms with Gasteiger partial charge in [-0.15, -0.1) is 0 Å². The lowest BCUT2D eigenvalue weighted by Gasteiger charge is -2.30. The topological polar surface area (TPSA) is 97.4 Å². The van der Waals surface area contributed by atoms with E-state index in [2.05, 4.69) is 5.32 Å². The van der Waals surface area contributed by atoms with E-state index in [9.17, 15) is 14.4 Å². The molecule has 0 bridgehead atoms. The van der Waals surface area contributed by atoms with Crippen molar-refractivity contribution in [3.05, 3.63) is 65.7 Å². The van der Waals surface area contributed by atoms with Gasteiger partial charge in [-0.25, -0.2) is 9.59 Å². The van der Waals surface area contributed by atoms with Crippen LogP contribution in [0.25, 0.3) is 0 Å². The largest absolute Gasteiger partial charge is 0.497 e. The van der Waals surface area contributed by atoms with Crippen LogP contribution in [0, 0.1) is 0 Å². The lowest BCUT2D eigenvalue weighted by atomic mass is 10.1. The standard InChI is InChI=1S/C29H36Cl3N3O6/c1-28(2,3)41-27(38)35-18-22(16-24(35)25(36)33-15-14-20-8-6-5-7-9-20)34(26(37)40-19-29(30,31)32)17-21-10-12-23(39-4)13-11-21/h5-13,22,24H,14-19H2,1-4H3,(H,33,36)/t22-,24-/m0/s1. The molecule has 0 aliphatic carbocycles. The monoisotopic (exact) mass is 627 g/mol. The van der Waals surface area contributed by atoms with Crippen LogP contribution in [0.4, 0.5) is 9.59 Å². The summed E-state index contributed by atoms with van der Waals surface area (Å²) in [5.41, 5.74) is 1.06. The van der Waals surface area contributed by atoms with Crippen LogP contribution in [0.15, 0.2) is 54.6 Å². The summed E-state index contributed by atoms with van der Waals surface area (Å²) in [6.45, 7) is 5.32. The Kier molecular flexibility index (Phi) is 11.4. The molecule has 1 N–H and O–H groups in total. The lowest BCUT2D eigenvalue weighted by Crippen LogP contribution is -2.48. The molecule has 0 unspecified atom stereocenters. The molecule has 0 saturated carbocycles. The molecular weight excluding hydrogens is 593 g/mol. The number of benzene rings is 2. The third kappa shape index (κ3) is 10.5. The number of carbonyl (C=O) groups is 3. The summed E-state index contributed by atoms with van der Waals surface area (Å²) >= 11 is 17.5. The van der Waals surface area contributed by atoms with Gasteiger partial charge in [-0.1, -0.05) is 77.3 Å². The van der Waals surface area contributed by atoms with E-state index in [-0.39, 0.29) is 25.4 Å². The highest BCUT2D eigenvalue weighted by atomic mass is 35.6. The maximum absolute atomic E-state index is 13.4. The van der Waals surface area contributed by atoms with E-state index in [1.165, 1.54) is 9.80 Å². The van der Waals surface area contributed by atoms with Crippen molar-refractivity contribution >= 4 is 52.9 Å². The zero-order valence-corrected chi connectivity index (χ0v) is 25.8. The first-order valence-corrected chi connectivity index (χ1v) is 14.3. The quantitative estimate of drug-likeness (QED) is 0.356. The molecule has 2 aromatic carbocycles. The first-order valence-electron chi connectivity index (χ1n) is 13.2. The normalized spacial score (nSPS) is 17.1. The van der Waals surface area contributed by atoms with Gasteiger partial charge in [-0.3, -0.25) is 14.6 Å². The number of likely N-dealkylation sites (tertiary alicyclic amines) is 1. The van der Waals surface area contributed by atoms with Crippen LogP contribution >= 0.6 is 34.8 Å². The van der Waals surface area contributed by atoms with Gasteiger partial charge in [-0.2, -0.15) is 0 Å². The molecule has 1 saturated heterocycles. The molecule has 41 heavy (non-hydrogen) atoms. The predicted molar refractivity (Wildman–Crippen MR) is 158 cm³/mol. The Hall–Kier alpha value is -2.88. The van der Waals surface area contributed by atoms with Gasteiger partial charge in [0.05, 0.1) is 13.2 Å². The van der Waals surface area contributed by atoms with Crippen molar-refractivity contribution in [2.24, 2.45) is 0 Å². The van der Waals surface area contributed by atoms with E-state index in [1.54, 1.807) is 40.0 Å². The highest BCUT2D eigenvalue weighted by molar-refractivity contribution is 6.67. The molecule has 0 aromatic heterocycles. The molecule has 224 valence electrons. The van der Waals surface area contributed by atoms with Gasteiger partial charge in [-0.05, 0) is 56.9 Å². The number of rotatable bonds is 9. The molecule has 0 spiro atoms. The molecule has 2 aromatic rings. The van der Waals surface area contributed by atoms with E-state index < -0.39 is 40.3 Å². The Morgan fingerprint density at radius 2 is 1.66 bits per heavy atom. The second kappa shape index (κ2) is 14.3. The molecular formula is C29H36Cl3N3O6. The average molecular weight is 629 g/mol. The van der Waals surface area contributed by atoms with Gasteiger partial charge in [0.25, 0.3) is 0 Å². The molecule has 1 aliphatic rings. The zero-order valence-electron chi connectivity index (χ0n) is 23.6. The average Bonchev–Trinajstić information content (AvgIpc) is 3.35. The smallest absolute Gasteiger partial charge is 0.411 e. The van der Waals surface area contributed by atoms with Gasteiger partial charge < -0.3 is 19.5 Å². The predicted octanol–water partition coefficient (Wildman–Crippen LogP) is 5.74. The number of methoxy groups -OCH3 is 1. The van der Waals surface area contributed by atoms with Gasteiger partial charge in [0.2, 0.25) is 9.70 Å². The fraction of sp³-hybridized carbons (Fsp3) is 0.483. The number of halogens is 3. The first kappa shape index (κ1) is 32.6. The maximum atomic E-state index is 13.4. The number of hydrogen-bond donors (Lipinski definition) is 1. The van der Waals surface area contributed by atoms with Crippen molar-refractivity contribution in [1.29, 1.82) is 0 Å². The molecule has 1 aliphatic heterocycles.